The van der Waals surface area contributed by atoms with Crippen LogP contribution in [0.25, 0.3) is 22.3 Å². The molecule has 1 aliphatic rings. The Labute approximate surface area is 163 Å². The van der Waals surface area contributed by atoms with E-state index in [0.29, 0.717) is 29.4 Å². The van der Waals surface area contributed by atoms with Crippen LogP contribution < -0.4 is 9.62 Å². The zero-order valence-corrected chi connectivity index (χ0v) is 16.2. The van der Waals surface area contributed by atoms with Gasteiger partial charge in [0, 0.05) is 28.9 Å². The molecule has 3 aromatic rings. The number of carbonyl (C=O) groups excluding carboxylic acids is 1. The number of sulfonamides is 1. The molecular formula is C19H21N5O3S. The molecule has 1 amide bonds. The third kappa shape index (κ3) is 3.70. The fraction of sp³-hybridized carbons (Fsp3) is 0.316. The Hall–Kier alpha value is -2.94. The first kappa shape index (κ1) is 18.4. The van der Waals surface area contributed by atoms with E-state index in [0.717, 1.165) is 30.2 Å². The second-order valence-electron chi connectivity index (χ2n) is 6.85. The van der Waals surface area contributed by atoms with E-state index in [2.05, 4.69) is 19.7 Å². The monoisotopic (exact) mass is 399 g/mol. The number of amides is 1. The molecule has 9 heteroatoms. The maximum atomic E-state index is 11.9. The molecule has 0 bridgehead atoms. The minimum atomic E-state index is -3.34. The number of hydrogen-bond donors (Lipinski definition) is 2. The summed E-state index contributed by atoms with van der Waals surface area (Å²) >= 11 is 0. The summed E-state index contributed by atoms with van der Waals surface area (Å²) in [4.78, 5) is 25.3. The van der Waals surface area contributed by atoms with E-state index in [-0.39, 0.29) is 11.8 Å². The van der Waals surface area contributed by atoms with Gasteiger partial charge < -0.3 is 4.98 Å². The van der Waals surface area contributed by atoms with Gasteiger partial charge in [-0.2, -0.15) is 4.98 Å². The van der Waals surface area contributed by atoms with Gasteiger partial charge in [0.1, 0.15) is 5.65 Å². The molecule has 4 rings (SSSR count). The van der Waals surface area contributed by atoms with Crippen LogP contribution in [0, 0.1) is 0 Å². The molecule has 1 saturated carbocycles. The summed E-state index contributed by atoms with van der Waals surface area (Å²) in [6.45, 7) is 1.82. The van der Waals surface area contributed by atoms with Gasteiger partial charge in [-0.1, -0.05) is 19.1 Å². The number of nitrogens with one attached hydrogen (secondary N) is 2. The number of aromatic amines is 1. The Morgan fingerprint density at radius 1 is 1.21 bits per heavy atom. The van der Waals surface area contributed by atoms with E-state index in [9.17, 15) is 13.2 Å². The van der Waals surface area contributed by atoms with Crippen molar-refractivity contribution in [3.05, 3.63) is 36.5 Å². The van der Waals surface area contributed by atoms with Gasteiger partial charge in [0.15, 0.2) is 0 Å². The van der Waals surface area contributed by atoms with Crippen LogP contribution in [-0.4, -0.2) is 41.6 Å². The van der Waals surface area contributed by atoms with E-state index in [4.69, 9.17) is 0 Å². The van der Waals surface area contributed by atoms with Crippen LogP contribution >= 0.6 is 0 Å². The Morgan fingerprint density at radius 3 is 2.61 bits per heavy atom. The number of nitrogens with zero attached hydrogens (tertiary/aromatic N) is 3. The van der Waals surface area contributed by atoms with Crippen molar-refractivity contribution in [1.82, 2.24) is 15.0 Å². The molecule has 0 atom stereocenters. The number of aromatic nitrogens is 3. The lowest BCUT2D eigenvalue weighted by Crippen LogP contribution is -2.25. The molecule has 0 radical (unpaired) electrons. The second kappa shape index (κ2) is 7.23. The van der Waals surface area contributed by atoms with Crippen LogP contribution in [0.4, 0.5) is 11.6 Å². The van der Waals surface area contributed by atoms with Gasteiger partial charge in [0.25, 0.3) is 0 Å². The molecule has 0 spiro atoms. The molecule has 1 aromatic carbocycles. The van der Waals surface area contributed by atoms with Crippen LogP contribution in [-0.2, 0) is 14.8 Å². The predicted molar refractivity (Wildman–Crippen MR) is 109 cm³/mol. The van der Waals surface area contributed by atoms with Crippen molar-refractivity contribution < 1.29 is 13.2 Å². The summed E-state index contributed by atoms with van der Waals surface area (Å²) in [6.07, 6.45) is 5.01. The Kier molecular flexibility index (Phi) is 4.76. The molecular weight excluding hydrogens is 378 g/mol. The smallest absolute Gasteiger partial charge is 0.234 e. The first-order valence-electron chi connectivity index (χ1n) is 9.20. The first-order valence-corrected chi connectivity index (χ1v) is 10.9. The van der Waals surface area contributed by atoms with Gasteiger partial charge in [-0.15, -0.1) is 0 Å². The molecule has 146 valence electrons. The van der Waals surface area contributed by atoms with Gasteiger partial charge in [-0.05, 0) is 37.5 Å². The number of fused-ring (bicyclic) bond motifs is 1. The van der Waals surface area contributed by atoms with Crippen molar-refractivity contribution in [3.63, 3.8) is 0 Å². The van der Waals surface area contributed by atoms with Gasteiger partial charge in [0.05, 0.1) is 11.4 Å². The standard InChI is InChI=1S/C19H21N5O3S/c1-2-11-28(26,27)23-14-5-3-13(4-6-14)17-16-9-10-20-18(16)22-19(21-17)24(12-25)15-7-8-15/h3-6,9-10,12,15,23H,2,7-8,11H2,1H3,(H,20,21,22). The normalized spacial score (nSPS) is 14.2. The number of hydrogen-bond acceptors (Lipinski definition) is 5. The Bertz CT molecular complexity index is 1100. The Balaban J connectivity index is 1.70. The summed E-state index contributed by atoms with van der Waals surface area (Å²) in [5.41, 5.74) is 2.66. The van der Waals surface area contributed by atoms with Crippen LogP contribution in [0.15, 0.2) is 36.5 Å². The average Bonchev–Trinajstić information content (AvgIpc) is 3.38. The molecule has 0 unspecified atom stereocenters. The zero-order chi connectivity index (χ0) is 19.7. The van der Waals surface area contributed by atoms with Crippen molar-refractivity contribution in [2.75, 3.05) is 15.4 Å². The second-order valence-corrected chi connectivity index (χ2v) is 8.70. The molecule has 28 heavy (non-hydrogen) atoms. The summed E-state index contributed by atoms with van der Waals surface area (Å²) in [6, 6.07) is 9.08. The van der Waals surface area contributed by atoms with Gasteiger partial charge >= 0.3 is 0 Å². The number of H-pyrrole nitrogens is 1. The fourth-order valence-corrected chi connectivity index (χ4v) is 4.24. The van der Waals surface area contributed by atoms with Crippen LogP contribution in [0.1, 0.15) is 26.2 Å². The van der Waals surface area contributed by atoms with Crippen molar-refractivity contribution >= 4 is 39.1 Å². The SMILES string of the molecule is CCCS(=O)(=O)Nc1ccc(-c2nc(N(C=O)C3CC3)nc3[nH]ccc23)cc1. The van der Waals surface area contributed by atoms with E-state index in [1.807, 2.05) is 25.1 Å². The van der Waals surface area contributed by atoms with E-state index in [1.54, 1.807) is 23.2 Å². The minimum Gasteiger partial charge on any atom is -0.346 e. The molecule has 2 aromatic heterocycles. The zero-order valence-electron chi connectivity index (χ0n) is 15.4. The van der Waals surface area contributed by atoms with E-state index in [1.165, 1.54) is 0 Å². The quantitative estimate of drug-likeness (QED) is 0.566. The van der Waals surface area contributed by atoms with Crippen LogP contribution in [0.2, 0.25) is 0 Å². The highest BCUT2D eigenvalue weighted by molar-refractivity contribution is 7.92. The summed E-state index contributed by atoms with van der Waals surface area (Å²) in [5, 5.41) is 0.838. The van der Waals surface area contributed by atoms with Gasteiger partial charge in [0.2, 0.25) is 22.4 Å². The highest BCUT2D eigenvalue weighted by atomic mass is 32.2. The number of rotatable bonds is 8. The largest absolute Gasteiger partial charge is 0.346 e. The fourth-order valence-electron chi connectivity index (χ4n) is 3.11. The summed E-state index contributed by atoms with van der Waals surface area (Å²) in [5.74, 6) is 0.451. The topological polar surface area (TPSA) is 108 Å². The molecule has 2 N–H and O–H groups in total. The summed E-state index contributed by atoms with van der Waals surface area (Å²) < 4.78 is 26.5. The molecule has 0 aliphatic heterocycles. The van der Waals surface area contributed by atoms with Crippen molar-refractivity contribution in [1.29, 1.82) is 0 Å². The molecule has 8 nitrogen and oxygen atoms in total. The van der Waals surface area contributed by atoms with Crippen LogP contribution in [0.3, 0.4) is 0 Å². The number of anilines is 2. The van der Waals surface area contributed by atoms with Gasteiger partial charge in [-0.25, -0.2) is 13.4 Å². The Morgan fingerprint density at radius 2 is 1.96 bits per heavy atom. The minimum absolute atomic E-state index is 0.0801. The van der Waals surface area contributed by atoms with Crippen LogP contribution in [0.5, 0.6) is 0 Å². The third-order valence-corrected chi connectivity index (χ3v) is 6.09. The number of benzene rings is 1. The maximum Gasteiger partial charge on any atom is 0.234 e. The average molecular weight is 399 g/mol. The predicted octanol–water partition coefficient (Wildman–Crippen LogP) is 2.90. The molecule has 1 aliphatic carbocycles. The van der Waals surface area contributed by atoms with Crippen molar-refractivity contribution in [2.24, 2.45) is 0 Å². The van der Waals surface area contributed by atoms with E-state index < -0.39 is 10.0 Å². The molecule has 1 fully saturated rings. The third-order valence-electron chi connectivity index (χ3n) is 4.59. The van der Waals surface area contributed by atoms with Crippen molar-refractivity contribution in [3.8, 4) is 11.3 Å². The summed E-state index contributed by atoms with van der Waals surface area (Å²) in [7, 11) is -3.34. The lowest BCUT2D eigenvalue weighted by Gasteiger charge is -2.15. The van der Waals surface area contributed by atoms with E-state index >= 15 is 0 Å². The maximum absolute atomic E-state index is 11.9. The first-order chi connectivity index (χ1) is 13.5. The number of carbonyl (C=O) groups is 1. The highest BCUT2D eigenvalue weighted by Crippen LogP contribution is 2.32. The lowest BCUT2D eigenvalue weighted by atomic mass is 10.1. The molecule has 0 saturated heterocycles. The lowest BCUT2D eigenvalue weighted by molar-refractivity contribution is -0.107. The molecule has 2 heterocycles. The highest BCUT2D eigenvalue weighted by Gasteiger charge is 2.31. The van der Waals surface area contributed by atoms with Gasteiger partial charge in [-0.3, -0.25) is 14.4 Å². The van der Waals surface area contributed by atoms with Crippen molar-refractivity contribution in [2.45, 2.75) is 32.2 Å².